The van der Waals surface area contributed by atoms with Crippen LogP contribution in [0.5, 0.6) is 0 Å². The first-order valence-corrected chi connectivity index (χ1v) is 8.99. The number of hydrogen-bond donors (Lipinski definition) is 4. The van der Waals surface area contributed by atoms with E-state index in [0.717, 1.165) is 12.8 Å². The van der Waals surface area contributed by atoms with Gasteiger partial charge in [0.15, 0.2) is 0 Å². The number of carbonyl (C=O) groups excluding carboxylic acids is 1. The van der Waals surface area contributed by atoms with Gasteiger partial charge in [-0.25, -0.2) is 4.79 Å². The number of anilines is 2. The zero-order valence-electron chi connectivity index (χ0n) is 14.2. The molecule has 2 unspecified atom stereocenters. The molecule has 0 aromatic carbocycles. The number of aliphatic hydroxyl groups is 1. The van der Waals surface area contributed by atoms with Gasteiger partial charge in [-0.2, -0.15) is 0 Å². The highest BCUT2D eigenvalue weighted by molar-refractivity contribution is 5.98. The average molecular weight is 348 g/mol. The van der Waals surface area contributed by atoms with Crippen molar-refractivity contribution in [2.75, 3.05) is 11.1 Å². The number of nitrogens with zero attached hydrogens (tertiary/aromatic N) is 1. The summed E-state index contributed by atoms with van der Waals surface area (Å²) in [5, 5.41) is 13.0. The molecule has 5 rings (SSSR count). The summed E-state index contributed by atoms with van der Waals surface area (Å²) in [7, 11) is 0. The van der Waals surface area contributed by atoms with Gasteiger partial charge in [-0.3, -0.25) is 19.1 Å². The molecular weight excluding hydrogens is 324 g/mol. The molecule has 0 aliphatic heterocycles. The number of aliphatic hydroxyl groups excluding tert-OH is 1. The highest BCUT2D eigenvalue weighted by Crippen LogP contribution is 2.65. The van der Waals surface area contributed by atoms with E-state index >= 15 is 0 Å². The van der Waals surface area contributed by atoms with Crippen LogP contribution >= 0.6 is 0 Å². The smallest absolute Gasteiger partial charge is 0.330 e. The van der Waals surface area contributed by atoms with Crippen molar-refractivity contribution < 1.29 is 9.90 Å². The Morgan fingerprint density at radius 1 is 1.36 bits per heavy atom. The van der Waals surface area contributed by atoms with Crippen molar-refractivity contribution in [2.45, 2.75) is 51.7 Å². The van der Waals surface area contributed by atoms with E-state index in [1.54, 1.807) is 0 Å². The molecule has 1 aromatic heterocycles. The Balaban J connectivity index is 1.66. The van der Waals surface area contributed by atoms with Gasteiger partial charge in [-0.15, -0.1) is 0 Å². The van der Waals surface area contributed by atoms with Crippen LogP contribution in [0.25, 0.3) is 0 Å². The van der Waals surface area contributed by atoms with Crippen LogP contribution in [0, 0.1) is 23.2 Å². The number of amides is 1. The van der Waals surface area contributed by atoms with E-state index < -0.39 is 16.7 Å². The molecule has 136 valence electrons. The molecular formula is C17H24N4O4. The third-order valence-corrected chi connectivity index (χ3v) is 6.55. The minimum Gasteiger partial charge on any atom is -0.393 e. The Bertz CT molecular complexity index is 826. The molecule has 4 saturated carbocycles. The molecule has 4 aliphatic carbocycles. The zero-order chi connectivity index (χ0) is 17.9. The Hall–Kier alpha value is -2.09. The molecule has 5 N–H and O–H groups in total. The molecule has 5 atom stereocenters. The third kappa shape index (κ3) is 2.19. The van der Waals surface area contributed by atoms with Crippen LogP contribution in [0.1, 0.15) is 39.0 Å². The molecule has 4 aliphatic rings. The Kier molecular flexibility index (Phi) is 3.57. The second-order valence-corrected chi connectivity index (χ2v) is 7.87. The Morgan fingerprint density at radius 3 is 2.60 bits per heavy atom. The average Bonchev–Trinajstić information content (AvgIpc) is 3.03. The Morgan fingerprint density at radius 2 is 2.00 bits per heavy atom. The van der Waals surface area contributed by atoms with Gasteiger partial charge >= 0.3 is 5.69 Å². The van der Waals surface area contributed by atoms with Crippen LogP contribution in [0.3, 0.4) is 0 Å². The largest absolute Gasteiger partial charge is 0.393 e. The van der Waals surface area contributed by atoms with Crippen molar-refractivity contribution in [3.05, 3.63) is 20.8 Å². The standard InChI is InChI=1S/C17H24N4O4/c1-2-3-21-13(18)11(14(23)20-16(21)25)19-15(24)17-6-8-4-10(17)5-9(7-17)12(8)22/h8-10,12,22H,2-7,18H2,1H3,(H,19,24)(H,20,23,25)/t8-,9?,10-,12-,17?/m1/s1. The third-order valence-electron chi connectivity index (χ3n) is 6.55. The first-order valence-electron chi connectivity index (χ1n) is 8.99. The summed E-state index contributed by atoms with van der Waals surface area (Å²) in [5.41, 5.74) is 4.21. The van der Waals surface area contributed by atoms with Crippen molar-refractivity contribution in [3.8, 4) is 0 Å². The highest BCUT2D eigenvalue weighted by atomic mass is 16.3. The van der Waals surface area contributed by atoms with E-state index in [9.17, 15) is 19.5 Å². The lowest BCUT2D eigenvalue weighted by molar-refractivity contribution is -0.128. The molecule has 1 aromatic rings. The lowest BCUT2D eigenvalue weighted by atomic mass is 9.73. The Labute approximate surface area is 144 Å². The monoisotopic (exact) mass is 348 g/mol. The predicted octanol–water partition coefficient (Wildman–Crippen LogP) is 0.264. The van der Waals surface area contributed by atoms with E-state index in [-0.39, 0.29) is 41.3 Å². The van der Waals surface area contributed by atoms with Crippen LogP contribution in [0.4, 0.5) is 11.5 Å². The van der Waals surface area contributed by atoms with Gasteiger partial charge in [0, 0.05) is 6.54 Å². The van der Waals surface area contributed by atoms with Crippen LogP contribution in [-0.4, -0.2) is 26.7 Å². The number of rotatable bonds is 4. The molecule has 8 nitrogen and oxygen atoms in total. The van der Waals surface area contributed by atoms with Gasteiger partial charge in [0.05, 0.1) is 11.5 Å². The van der Waals surface area contributed by atoms with Gasteiger partial charge in [-0.05, 0) is 49.9 Å². The van der Waals surface area contributed by atoms with Crippen LogP contribution in [-0.2, 0) is 11.3 Å². The summed E-state index contributed by atoms with van der Waals surface area (Å²) in [5.74, 6) is 0.403. The normalized spacial score (nSPS) is 35.3. The second-order valence-electron chi connectivity index (χ2n) is 7.87. The molecule has 0 radical (unpaired) electrons. The fraction of sp³-hybridized carbons (Fsp3) is 0.706. The number of nitrogens with two attached hydrogens (primary N) is 1. The van der Waals surface area contributed by atoms with Gasteiger partial charge in [0.1, 0.15) is 11.5 Å². The van der Waals surface area contributed by atoms with Crippen LogP contribution in [0.15, 0.2) is 9.59 Å². The summed E-state index contributed by atoms with van der Waals surface area (Å²) in [4.78, 5) is 39.4. The zero-order valence-corrected chi connectivity index (χ0v) is 14.2. The maximum atomic E-state index is 13.1. The van der Waals surface area contributed by atoms with E-state index in [1.807, 2.05) is 6.92 Å². The van der Waals surface area contributed by atoms with Gasteiger partial charge in [0.25, 0.3) is 5.56 Å². The van der Waals surface area contributed by atoms with E-state index in [1.165, 1.54) is 4.57 Å². The van der Waals surface area contributed by atoms with Crippen molar-refractivity contribution in [1.82, 2.24) is 9.55 Å². The molecule has 4 fully saturated rings. The fourth-order valence-corrected chi connectivity index (χ4v) is 5.47. The number of carbonyl (C=O) groups is 1. The van der Waals surface area contributed by atoms with E-state index in [4.69, 9.17) is 5.73 Å². The molecule has 1 heterocycles. The molecule has 8 heteroatoms. The van der Waals surface area contributed by atoms with Gasteiger partial charge < -0.3 is 16.2 Å². The number of hydrogen-bond acceptors (Lipinski definition) is 5. The maximum absolute atomic E-state index is 13.1. The molecule has 4 bridgehead atoms. The molecule has 1 amide bonds. The molecule has 0 spiro atoms. The second kappa shape index (κ2) is 5.45. The number of H-pyrrole nitrogens is 1. The lowest BCUT2D eigenvalue weighted by Crippen LogP contribution is -2.42. The number of aromatic nitrogens is 2. The van der Waals surface area contributed by atoms with Crippen molar-refractivity contribution in [2.24, 2.45) is 23.2 Å². The van der Waals surface area contributed by atoms with Gasteiger partial charge in [0.2, 0.25) is 5.91 Å². The van der Waals surface area contributed by atoms with Crippen LogP contribution < -0.4 is 22.3 Å². The SMILES string of the molecule is CCCn1c(N)c(NC(=O)C23CC4C[C@H]2C[C@H](C3)[C@H]4O)c(=O)[nH]c1=O. The predicted molar refractivity (Wildman–Crippen MR) is 92.0 cm³/mol. The first kappa shape index (κ1) is 16.4. The fourth-order valence-electron chi connectivity index (χ4n) is 5.47. The lowest BCUT2D eigenvalue weighted by Gasteiger charge is -2.35. The maximum Gasteiger partial charge on any atom is 0.330 e. The minimum atomic E-state index is -0.669. The minimum absolute atomic E-state index is 0.00177. The first-order chi connectivity index (χ1) is 11.9. The van der Waals surface area contributed by atoms with Crippen molar-refractivity contribution in [1.29, 1.82) is 0 Å². The topological polar surface area (TPSA) is 130 Å². The summed E-state index contributed by atoms with van der Waals surface area (Å²) in [6, 6.07) is 0. The highest BCUT2D eigenvalue weighted by Gasteiger charge is 2.64. The van der Waals surface area contributed by atoms with Gasteiger partial charge in [-0.1, -0.05) is 6.92 Å². The quantitative estimate of drug-likeness (QED) is 0.620. The number of nitrogens with one attached hydrogen (secondary N) is 2. The van der Waals surface area contributed by atoms with Crippen molar-refractivity contribution >= 4 is 17.4 Å². The molecule has 0 saturated heterocycles. The summed E-state index contributed by atoms with van der Waals surface area (Å²) in [6.07, 6.45) is 3.43. The van der Waals surface area contributed by atoms with E-state index in [2.05, 4.69) is 10.3 Å². The molecule has 25 heavy (non-hydrogen) atoms. The number of nitrogen functional groups attached to an aromatic ring is 1. The van der Waals surface area contributed by atoms with Crippen LogP contribution in [0.2, 0.25) is 0 Å². The summed E-state index contributed by atoms with van der Waals surface area (Å²) < 4.78 is 1.27. The number of aromatic amines is 1. The summed E-state index contributed by atoms with van der Waals surface area (Å²) >= 11 is 0. The van der Waals surface area contributed by atoms with Crippen molar-refractivity contribution in [3.63, 3.8) is 0 Å². The van der Waals surface area contributed by atoms with E-state index in [0.29, 0.717) is 25.8 Å². The summed E-state index contributed by atoms with van der Waals surface area (Å²) in [6.45, 7) is 2.27.